The normalized spacial score (nSPS) is 12.2. The molecular formula is C15H15ClN2O4. The number of carbonyl (C=O) groups excluding carboxylic acids is 1. The van der Waals surface area contributed by atoms with Gasteiger partial charge in [0.05, 0.1) is 0 Å². The van der Waals surface area contributed by atoms with Gasteiger partial charge in [-0.2, -0.15) is 0 Å². The Morgan fingerprint density at radius 3 is 2.45 bits per heavy atom. The lowest BCUT2D eigenvalue weighted by Crippen LogP contribution is -2.44. The smallest absolute Gasteiger partial charge is 0.326 e. The Morgan fingerprint density at radius 2 is 1.91 bits per heavy atom. The van der Waals surface area contributed by atoms with E-state index in [-0.39, 0.29) is 11.6 Å². The second kappa shape index (κ2) is 6.62. The molecule has 0 bridgehead atoms. The largest absolute Gasteiger partial charge is 0.480 e. The van der Waals surface area contributed by atoms with Gasteiger partial charge in [-0.15, -0.1) is 0 Å². The van der Waals surface area contributed by atoms with E-state index in [9.17, 15) is 9.59 Å². The Balaban J connectivity index is 2.15. The molecule has 0 saturated heterocycles. The van der Waals surface area contributed by atoms with E-state index in [0.717, 1.165) is 5.56 Å². The van der Waals surface area contributed by atoms with E-state index in [0.29, 0.717) is 10.8 Å². The minimum absolute atomic E-state index is 0.0249. The fourth-order valence-electron chi connectivity index (χ4n) is 1.86. The summed E-state index contributed by atoms with van der Waals surface area (Å²) in [7, 11) is 0. The third-order valence-electron chi connectivity index (χ3n) is 3.09. The third kappa shape index (κ3) is 3.65. The lowest BCUT2D eigenvalue weighted by molar-refractivity contribution is -0.140. The zero-order valence-corrected chi connectivity index (χ0v) is 12.8. The molecule has 22 heavy (non-hydrogen) atoms. The van der Waals surface area contributed by atoms with Crippen molar-refractivity contribution in [2.45, 2.75) is 19.9 Å². The van der Waals surface area contributed by atoms with Crippen LogP contribution in [0.25, 0.3) is 11.3 Å². The van der Waals surface area contributed by atoms with Crippen molar-refractivity contribution in [3.05, 3.63) is 41.0 Å². The van der Waals surface area contributed by atoms with Crippen molar-refractivity contribution >= 4 is 23.5 Å². The fourth-order valence-corrected chi connectivity index (χ4v) is 1.99. The van der Waals surface area contributed by atoms with Crippen LogP contribution in [0.2, 0.25) is 5.02 Å². The Hall–Kier alpha value is -2.34. The monoisotopic (exact) mass is 322 g/mol. The lowest BCUT2D eigenvalue weighted by atomic mass is 10.0. The first kappa shape index (κ1) is 16.0. The van der Waals surface area contributed by atoms with Crippen LogP contribution in [0.5, 0.6) is 0 Å². The van der Waals surface area contributed by atoms with Gasteiger partial charge < -0.3 is 14.9 Å². The molecule has 0 saturated carbocycles. The van der Waals surface area contributed by atoms with Gasteiger partial charge in [0, 0.05) is 16.7 Å². The SMILES string of the molecule is CC(C)[C@@H](NC(=O)c1cc(-c2ccc(Cl)cc2)on1)C(=O)O. The number of carboxylic acids is 1. The molecule has 2 aromatic rings. The molecule has 0 aliphatic heterocycles. The molecule has 0 radical (unpaired) electrons. The van der Waals surface area contributed by atoms with E-state index in [2.05, 4.69) is 10.5 Å². The van der Waals surface area contributed by atoms with Gasteiger partial charge in [0.1, 0.15) is 6.04 Å². The number of rotatable bonds is 5. The van der Waals surface area contributed by atoms with E-state index >= 15 is 0 Å². The standard InChI is InChI=1S/C15H15ClN2O4/c1-8(2)13(15(20)21)17-14(19)11-7-12(22-18-11)9-3-5-10(16)6-4-9/h3-8,13H,1-2H3,(H,17,19)(H,20,21)/t13-/m1/s1. The molecule has 0 aliphatic rings. The zero-order chi connectivity index (χ0) is 16.3. The fraction of sp³-hybridized carbons (Fsp3) is 0.267. The highest BCUT2D eigenvalue weighted by atomic mass is 35.5. The Morgan fingerprint density at radius 1 is 1.27 bits per heavy atom. The molecule has 116 valence electrons. The molecule has 1 aromatic carbocycles. The van der Waals surface area contributed by atoms with Crippen molar-refractivity contribution in [3.8, 4) is 11.3 Å². The van der Waals surface area contributed by atoms with Gasteiger partial charge in [-0.1, -0.05) is 30.6 Å². The second-order valence-corrected chi connectivity index (χ2v) is 5.55. The Labute approximate surface area is 132 Å². The number of nitrogens with zero attached hydrogens (tertiary/aromatic N) is 1. The van der Waals surface area contributed by atoms with Crippen molar-refractivity contribution < 1.29 is 19.2 Å². The van der Waals surface area contributed by atoms with Crippen molar-refractivity contribution in [1.29, 1.82) is 0 Å². The predicted octanol–water partition coefficient (Wildman–Crippen LogP) is 2.83. The molecule has 0 fully saturated rings. The molecule has 1 amide bonds. The van der Waals surface area contributed by atoms with Crippen molar-refractivity contribution in [2.24, 2.45) is 5.92 Å². The maximum Gasteiger partial charge on any atom is 0.326 e. The number of carbonyl (C=O) groups is 2. The highest BCUT2D eigenvalue weighted by Crippen LogP contribution is 2.22. The first-order valence-electron chi connectivity index (χ1n) is 6.65. The molecule has 2 N–H and O–H groups in total. The van der Waals surface area contributed by atoms with Gasteiger partial charge in [0.15, 0.2) is 11.5 Å². The molecule has 7 heteroatoms. The van der Waals surface area contributed by atoms with Crippen LogP contribution in [0.1, 0.15) is 24.3 Å². The summed E-state index contributed by atoms with van der Waals surface area (Å²) in [5, 5.41) is 15.8. The van der Waals surface area contributed by atoms with Crippen LogP contribution in [-0.4, -0.2) is 28.2 Å². The minimum atomic E-state index is -1.09. The first-order valence-corrected chi connectivity index (χ1v) is 7.02. The summed E-state index contributed by atoms with van der Waals surface area (Å²) in [6.07, 6.45) is 0. The third-order valence-corrected chi connectivity index (χ3v) is 3.34. The van der Waals surface area contributed by atoms with E-state index in [4.69, 9.17) is 21.2 Å². The maximum absolute atomic E-state index is 12.0. The van der Waals surface area contributed by atoms with E-state index < -0.39 is 17.9 Å². The highest BCUT2D eigenvalue weighted by molar-refractivity contribution is 6.30. The number of aromatic nitrogens is 1. The molecule has 0 aliphatic carbocycles. The van der Waals surface area contributed by atoms with Crippen LogP contribution in [0.3, 0.4) is 0 Å². The molecule has 2 rings (SSSR count). The molecular weight excluding hydrogens is 308 g/mol. The lowest BCUT2D eigenvalue weighted by Gasteiger charge is -2.16. The predicted molar refractivity (Wildman–Crippen MR) is 80.7 cm³/mol. The van der Waals surface area contributed by atoms with Gasteiger partial charge in [0.25, 0.3) is 5.91 Å². The van der Waals surface area contributed by atoms with Gasteiger partial charge in [-0.05, 0) is 30.2 Å². The minimum Gasteiger partial charge on any atom is -0.480 e. The second-order valence-electron chi connectivity index (χ2n) is 5.12. The summed E-state index contributed by atoms with van der Waals surface area (Å²) in [5.41, 5.74) is 0.742. The summed E-state index contributed by atoms with van der Waals surface area (Å²) in [5.74, 6) is -1.53. The number of amides is 1. The van der Waals surface area contributed by atoms with Gasteiger partial charge in [0.2, 0.25) is 0 Å². The average molecular weight is 323 g/mol. The molecule has 6 nitrogen and oxygen atoms in total. The number of hydrogen-bond donors (Lipinski definition) is 2. The number of aliphatic carboxylic acids is 1. The van der Waals surface area contributed by atoms with Crippen LogP contribution >= 0.6 is 11.6 Å². The first-order chi connectivity index (χ1) is 10.4. The van der Waals surface area contributed by atoms with Crippen LogP contribution in [-0.2, 0) is 4.79 Å². The van der Waals surface area contributed by atoms with E-state index in [1.54, 1.807) is 38.1 Å². The van der Waals surface area contributed by atoms with E-state index in [1.165, 1.54) is 6.07 Å². The van der Waals surface area contributed by atoms with Gasteiger partial charge >= 0.3 is 5.97 Å². The Kier molecular flexibility index (Phi) is 4.82. The molecule has 1 aromatic heterocycles. The summed E-state index contributed by atoms with van der Waals surface area (Å²) in [6.45, 7) is 3.42. The van der Waals surface area contributed by atoms with Gasteiger partial charge in [-0.25, -0.2) is 4.79 Å². The number of carboxylic acid groups (broad SMARTS) is 1. The van der Waals surface area contributed by atoms with Crippen LogP contribution in [0.4, 0.5) is 0 Å². The van der Waals surface area contributed by atoms with Crippen LogP contribution in [0.15, 0.2) is 34.9 Å². The number of halogens is 1. The molecule has 1 heterocycles. The molecule has 1 atom stereocenters. The summed E-state index contributed by atoms with van der Waals surface area (Å²) >= 11 is 5.81. The summed E-state index contributed by atoms with van der Waals surface area (Å²) < 4.78 is 5.11. The molecule has 0 spiro atoms. The molecule has 0 unspecified atom stereocenters. The number of hydrogen-bond acceptors (Lipinski definition) is 4. The topological polar surface area (TPSA) is 92.4 Å². The average Bonchev–Trinajstić information content (AvgIpc) is 2.94. The maximum atomic E-state index is 12.0. The number of nitrogens with one attached hydrogen (secondary N) is 1. The quantitative estimate of drug-likeness (QED) is 0.883. The zero-order valence-electron chi connectivity index (χ0n) is 12.0. The Bertz CT molecular complexity index is 679. The van der Waals surface area contributed by atoms with Crippen molar-refractivity contribution in [2.75, 3.05) is 0 Å². The highest BCUT2D eigenvalue weighted by Gasteiger charge is 2.25. The van der Waals surface area contributed by atoms with Gasteiger partial charge in [-0.3, -0.25) is 4.79 Å². The number of benzene rings is 1. The van der Waals surface area contributed by atoms with Crippen LogP contribution in [0, 0.1) is 5.92 Å². The summed E-state index contributed by atoms with van der Waals surface area (Å²) in [6, 6.07) is 7.33. The van der Waals surface area contributed by atoms with Crippen LogP contribution < -0.4 is 5.32 Å². The van der Waals surface area contributed by atoms with Crippen molar-refractivity contribution in [1.82, 2.24) is 10.5 Å². The van der Waals surface area contributed by atoms with E-state index in [1.807, 2.05) is 0 Å². The van der Waals surface area contributed by atoms with Crippen molar-refractivity contribution in [3.63, 3.8) is 0 Å². The summed E-state index contributed by atoms with van der Waals surface area (Å²) in [4.78, 5) is 23.1.